The number of hydrogen-bond donors (Lipinski definition) is 1. The summed E-state index contributed by atoms with van der Waals surface area (Å²) in [5.74, 6) is -4.23. The van der Waals surface area contributed by atoms with Gasteiger partial charge in [0.1, 0.15) is 5.92 Å². The van der Waals surface area contributed by atoms with Crippen molar-refractivity contribution >= 4 is 17.6 Å². The van der Waals surface area contributed by atoms with Gasteiger partial charge in [-0.05, 0) is 36.2 Å². The van der Waals surface area contributed by atoms with E-state index in [1.54, 1.807) is 18.2 Å². The van der Waals surface area contributed by atoms with Crippen LogP contribution in [0.15, 0.2) is 36.4 Å². The van der Waals surface area contributed by atoms with Crippen molar-refractivity contribution in [2.75, 3.05) is 14.2 Å². The van der Waals surface area contributed by atoms with Gasteiger partial charge in [-0.1, -0.05) is 23.7 Å². The Morgan fingerprint density at radius 3 is 2.53 bits per heavy atom. The fourth-order valence-electron chi connectivity index (χ4n) is 4.11. The first-order valence-corrected chi connectivity index (χ1v) is 9.81. The molecular weight excluding hydrogens is 451 g/mol. The monoisotopic (exact) mass is 467 g/mol. The number of fused-ring (bicyclic) bond motifs is 3. The molecule has 2 heterocycles. The molecule has 0 fully saturated rings. The summed E-state index contributed by atoms with van der Waals surface area (Å²) >= 11 is 6.21. The zero-order valence-corrected chi connectivity index (χ0v) is 17.6. The smallest absolute Gasteiger partial charge is 0.452 e. The van der Waals surface area contributed by atoms with Crippen LogP contribution in [0.5, 0.6) is 11.5 Å². The lowest BCUT2D eigenvalue weighted by Crippen LogP contribution is -2.19. The Morgan fingerprint density at radius 2 is 1.91 bits per heavy atom. The molecule has 1 aliphatic rings. The van der Waals surface area contributed by atoms with Gasteiger partial charge in [0.25, 0.3) is 0 Å². The number of aliphatic carboxylic acids is 1. The van der Waals surface area contributed by atoms with E-state index in [2.05, 4.69) is 10.2 Å². The Bertz CT molecular complexity index is 1200. The summed E-state index contributed by atoms with van der Waals surface area (Å²) in [5, 5.41) is 17.1. The van der Waals surface area contributed by atoms with Crippen LogP contribution in [0, 0.1) is 0 Å². The first-order chi connectivity index (χ1) is 15.2. The van der Waals surface area contributed by atoms with Gasteiger partial charge < -0.3 is 14.6 Å². The number of halogens is 4. The van der Waals surface area contributed by atoms with E-state index in [1.165, 1.54) is 32.4 Å². The Labute approximate surface area is 185 Å². The molecule has 0 unspecified atom stereocenters. The van der Waals surface area contributed by atoms with Crippen LogP contribution in [0.3, 0.4) is 0 Å². The van der Waals surface area contributed by atoms with E-state index in [-0.39, 0.29) is 23.0 Å². The molecule has 0 radical (unpaired) electrons. The molecule has 2 atom stereocenters. The van der Waals surface area contributed by atoms with Gasteiger partial charge >= 0.3 is 12.1 Å². The largest absolute Gasteiger partial charge is 0.493 e. The third kappa shape index (κ3) is 3.54. The molecule has 1 N–H and O–H groups in total. The third-order valence-corrected chi connectivity index (χ3v) is 5.67. The zero-order chi connectivity index (χ0) is 23.2. The van der Waals surface area contributed by atoms with E-state index in [1.807, 2.05) is 0 Å². The number of ether oxygens (including phenoxy) is 2. The molecule has 0 saturated heterocycles. The predicted molar refractivity (Wildman–Crippen MR) is 108 cm³/mol. The number of para-hydroxylation sites is 1. The van der Waals surface area contributed by atoms with Crippen LogP contribution in [0.4, 0.5) is 13.2 Å². The molecule has 32 heavy (non-hydrogen) atoms. The van der Waals surface area contributed by atoms with E-state index in [0.717, 1.165) is 4.57 Å². The summed E-state index contributed by atoms with van der Waals surface area (Å²) in [6, 6.07) is 9.45. The first-order valence-electron chi connectivity index (χ1n) is 9.43. The van der Waals surface area contributed by atoms with Crippen LogP contribution in [-0.4, -0.2) is 40.1 Å². The molecule has 0 aliphatic carbocycles. The average molecular weight is 468 g/mol. The highest BCUT2D eigenvalue weighted by atomic mass is 35.5. The molecular formula is C21H17ClF3N3O4. The summed E-state index contributed by atoms with van der Waals surface area (Å²) in [7, 11) is 2.89. The highest BCUT2D eigenvalue weighted by molar-refractivity contribution is 6.30. The van der Waals surface area contributed by atoms with Gasteiger partial charge in [0.2, 0.25) is 5.82 Å². The van der Waals surface area contributed by atoms with Crippen molar-refractivity contribution < 1.29 is 32.5 Å². The summed E-state index contributed by atoms with van der Waals surface area (Å²) < 4.78 is 52.9. The molecule has 1 aliphatic heterocycles. The molecule has 2 aromatic carbocycles. The second-order valence-corrected chi connectivity index (χ2v) is 7.62. The first kappa shape index (κ1) is 21.9. The standard InChI is InChI=1S/C21H17ClF3N3O4/c1-31-16-5-3-4-11(17(16)32-2)12-9-14(19(29)30)18-26-27-20(21(23,24)25)28(18)15-7-6-10(22)8-13(12)15/h3-8,12,14H,9H2,1-2H3,(H,29,30)/t12-,14+/m1/s1. The van der Waals surface area contributed by atoms with Crippen molar-refractivity contribution in [3.8, 4) is 17.2 Å². The van der Waals surface area contributed by atoms with Crippen LogP contribution in [0.2, 0.25) is 5.02 Å². The number of aromatic nitrogens is 3. The molecule has 11 heteroatoms. The number of carboxylic acid groups (broad SMARTS) is 1. The van der Waals surface area contributed by atoms with Crippen LogP contribution in [-0.2, 0) is 11.0 Å². The molecule has 1 aromatic heterocycles. The number of rotatable bonds is 4. The van der Waals surface area contributed by atoms with Crippen molar-refractivity contribution in [3.05, 3.63) is 64.2 Å². The van der Waals surface area contributed by atoms with Gasteiger partial charge in [-0.3, -0.25) is 9.36 Å². The average Bonchev–Trinajstić information content (AvgIpc) is 3.13. The van der Waals surface area contributed by atoms with E-state index < -0.39 is 29.8 Å². The Hall–Kier alpha value is -3.27. The number of methoxy groups -OCH3 is 2. The molecule has 0 amide bonds. The highest BCUT2D eigenvalue weighted by Gasteiger charge is 2.44. The molecule has 3 aromatic rings. The zero-order valence-electron chi connectivity index (χ0n) is 16.9. The SMILES string of the molecule is COc1cccc([C@H]2C[C@H](C(=O)O)c3nnc(C(F)(F)F)n3-c3ccc(Cl)cc32)c1OC. The summed E-state index contributed by atoms with van der Waals surface area (Å²) in [4.78, 5) is 12.2. The fourth-order valence-corrected chi connectivity index (χ4v) is 4.29. The third-order valence-electron chi connectivity index (χ3n) is 5.44. The normalized spacial score (nSPS) is 17.8. The Kier molecular flexibility index (Phi) is 5.49. The second kappa shape index (κ2) is 8.01. The number of carbonyl (C=O) groups is 1. The number of hydrogen-bond acceptors (Lipinski definition) is 5. The van der Waals surface area contributed by atoms with Crippen molar-refractivity contribution in [2.24, 2.45) is 0 Å². The molecule has 4 rings (SSSR count). The van der Waals surface area contributed by atoms with Gasteiger partial charge in [0, 0.05) is 16.5 Å². The van der Waals surface area contributed by atoms with Crippen molar-refractivity contribution in [2.45, 2.75) is 24.4 Å². The molecule has 168 valence electrons. The minimum absolute atomic E-state index is 0.0950. The number of carboxylic acids is 1. The number of nitrogens with zero attached hydrogens (tertiary/aromatic N) is 3. The Morgan fingerprint density at radius 1 is 1.16 bits per heavy atom. The van der Waals surface area contributed by atoms with Crippen LogP contribution >= 0.6 is 11.6 Å². The molecule has 0 bridgehead atoms. The molecule has 0 saturated carbocycles. The summed E-state index contributed by atoms with van der Waals surface area (Å²) in [6.45, 7) is 0. The topological polar surface area (TPSA) is 86.5 Å². The lowest BCUT2D eigenvalue weighted by atomic mass is 9.83. The van der Waals surface area contributed by atoms with Crippen molar-refractivity contribution in [1.29, 1.82) is 0 Å². The van der Waals surface area contributed by atoms with Gasteiger partial charge in [0.05, 0.1) is 19.9 Å². The highest BCUT2D eigenvalue weighted by Crippen LogP contribution is 2.48. The lowest BCUT2D eigenvalue weighted by molar-refractivity contribution is -0.146. The minimum Gasteiger partial charge on any atom is -0.493 e. The maximum absolute atomic E-state index is 13.7. The van der Waals surface area contributed by atoms with Gasteiger partial charge in [0.15, 0.2) is 17.3 Å². The van der Waals surface area contributed by atoms with E-state index in [4.69, 9.17) is 21.1 Å². The van der Waals surface area contributed by atoms with Gasteiger partial charge in [-0.15, -0.1) is 10.2 Å². The Balaban J connectivity index is 2.06. The van der Waals surface area contributed by atoms with E-state index in [9.17, 15) is 23.1 Å². The summed E-state index contributed by atoms with van der Waals surface area (Å²) in [5.41, 5.74) is 1.04. The molecule has 0 spiro atoms. The molecule has 7 nitrogen and oxygen atoms in total. The van der Waals surface area contributed by atoms with Crippen LogP contribution in [0.25, 0.3) is 5.69 Å². The van der Waals surface area contributed by atoms with Crippen molar-refractivity contribution in [1.82, 2.24) is 14.8 Å². The number of alkyl halides is 3. The van der Waals surface area contributed by atoms with Crippen molar-refractivity contribution in [3.63, 3.8) is 0 Å². The number of benzene rings is 2. The summed E-state index contributed by atoms with van der Waals surface area (Å²) in [6.07, 6.45) is -4.94. The van der Waals surface area contributed by atoms with E-state index in [0.29, 0.717) is 22.6 Å². The quantitative estimate of drug-likeness (QED) is 0.600. The lowest BCUT2D eigenvalue weighted by Gasteiger charge is -2.23. The van der Waals surface area contributed by atoms with Gasteiger partial charge in [-0.2, -0.15) is 13.2 Å². The van der Waals surface area contributed by atoms with Crippen LogP contribution in [0.1, 0.15) is 41.0 Å². The predicted octanol–water partition coefficient (Wildman–Crippen LogP) is 4.66. The maximum Gasteiger partial charge on any atom is 0.452 e. The van der Waals surface area contributed by atoms with E-state index >= 15 is 0 Å². The van der Waals surface area contributed by atoms with Gasteiger partial charge in [-0.25, -0.2) is 0 Å². The van der Waals surface area contributed by atoms with Crippen LogP contribution < -0.4 is 9.47 Å². The fraction of sp³-hybridized carbons (Fsp3) is 0.286. The minimum atomic E-state index is -4.85. The second-order valence-electron chi connectivity index (χ2n) is 7.18. The maximum atomic E-state index is 13.7.